The van der Waals surface area contributed by atoms with E-state index in [0.29, 0.717) is 0 Å². The largest absolute Gasteiger partial charge is 0.327 e. The molecule has 2 heterocycles. The van der Waals surface area contributed by atoms with E-state index in [1.165, 1.54) is 33.2 Å². The van der Waals surface area contributed by atoms with E-state index >= 15 is 0 Å². The van der Waals surface area contributed by atoms with Crippen molar-refractivity contribution in [2.24, 2.45) is 0 Å². The number of para-hydroxylation sites is 2. The fourth-order valence-corrected chi connectivity index (χ4v) is 3.69. The summed E-state index contributed by atoms with van der Waals surface area (Å²) in [6.07, 6.45) is 1.91. The minimum absolute atomic E-state index is 0.909. The average molecular weight is 330 g/mol. The molecule has 0 aliphatic rings. The minimum atomic E-state index is 0.909. The number of pyridine rings is 1. The lowest BCUT2D eigenvalue weighted by Gasteiger charge is -2.24. The fraction of sp³-hybridized carbons (Fsp3) is 0.227. The summed E-state index contributed by atoms with van der Waals surface area (Å²) in [7, 11) is 6.73. The van der Waals surface area contributed by atoms with Gasteiger partial charge in [-0.3, -0.25) is 4.98 Å². The predicted molar refractivity (Wildman–Crippen MR) is 105 cm³/mol. The van der Waals surface area contributed by atoms with E-state index < -0.39 is 0 Å². The van der Waals surface area contributed by atoms with Gasteiger partial charge >= 0.3 is 0 Å². The van der Waals surface area contributed by atoms with Crippen LogP contribution in [-0.2, 0) is 6.54 Å². The van der Waals surface area contributed by atoms with E-state index in [1.54, 1.807) is 0 Å². The second-order valence-electron chi connectivity index (χ2n) is 7.71. The number of hydrogen-bond donors (Lipinski definition) is 0. The maximum absolute atomic E-state index is 4.53. The molecule has 0 N–H and O–H groups in total. The van der Waals surface area contributed by atoms with Crippen LogP contribution < -0.4 is 0 Å². The molecule has 126 valence electrons. The summed E-state index contributed by atoms with van der Waals surface area (Å²) in [5.41, 5.74) is 6.23. The van der Waals surface area contributed by atoms with Gasteiger partial charge in [-0.1, -0.05) is 36.4 Å². The number of hydrogen-bond acceptors (Lipinski definition) is 1. The number of fused-ring (bicyclic) bond motifs is 2. The molecule has 4 aromatic rings. The van der Waals surface area contributed by atoms with Crippen LogP contribution >= 0.6 is 0 Å². The first-order valence-electron chi connectivity index (χ1n) is 8.69. The summed E-state index contributed by atoms with van der Waals surface area (Å²) in [6.45, 7) is 3.24. The van der Waals surface area contributed by atoms with Crippen LogP contribution in [0.15, 0.2) is 60.8 Å². The van der Waals surface area contributed by atoms with Gasteiger partial charge in [-0.05, 0) is 25.1 Å². The van der Waals surface area contributed by atoms with Crippen LogP contribution in [0.25, 0.3) is 27.5 Å². The SMILES string of the molecule is Cc1c(C[N+](C)(C)C)c2ccccc2n1-c1ccnc2ccccc12. The molecule has 3 nitrogen and oxygen atoms in total. The highest BCUT2D eigenvalue weighted by molar-refractivity contribution is 5.93. The molecular formula is C22H24N3+. The fourth-order valence-electron chi connectivity index (χ4n) is 3.69. The highest BCUT2D eigenvalue weighted by Gasteiger charge is 2.20. The number of aromatic nitrogens is 2. The number of nitrogens with zero attached hydrogens (tertiary/aromatic N) is 3. The predicted octanol–water partition coefficient (Wildman–Crippen LogP) is 4.69. The van der Waals surface area contributed by atoms with E-state index in [-0.39, 0.29) is 0 Å². The third-order valence-corrected chi connectivity index (χ3v) is 4.74. The van der Waals surface area contributed by atoms with Crippen molar-refractivity contribution in [2.45, 2.75) is 13.5 Å². The zero-order valence-electron chi connectivity index (χ0n) is 15.3. The Kier molecular flexibility index (Phi) is 3.62. The molecule has 0 aliphatic heterocycles. The van der Waals surface area contributed by atoms with Crippen LogP contribution in [0.5, 0.6) is 0 Å². The topological polar surface area (TPSA) is 17.8 Å². The Balaban J connectivity index is 2.07. The molecule has 0 unspecified atom stereocenters. The summed E-state index contributed by atoms with van der Waals surface area (Å²) >= 11 is 0. The van der Waals surface area contributed by atoms with E-state index in [9.17, 15) is 0 Å². The van der Waals surface area contributed by atoms with Crippen LogP contribution in [0.1, 0.15) is 11.3 Å². The smallest absolute Gasteiger partial charge is 0.106 e. The highest BCUT2D eigenvalue weighted by atomic mass is 15.3. The van der Waals surface area contributed by atoms with Gasteiger partial charge in [-0.15, -0.1) is 0 Å². The van der Waals surface area contributed by atoms with Gasteiger partial charge in [0.2, 0.25) is 0 Å². The van der Waals surface area contributed by atoms with Gasteiger partial charge in [-0.25, -0.2) is 0 Å². The van der Waals surface area contributed by atoms with Crippen LogP contribution in [0.3, 0.4) is 0 Å². The number of rotatable bonds is 3. The first kappa shape index (κ1) is 15.9. The molecule has 2 aromatic carbocycles. The molecule has 3 heteroatoms. The van der Waals surface area contributed by atoms with Crippen molar-refractivity contribution in [3.63, 3.8) is 0 Å². The van der Waals surface area contributed by atoms with Gasteiger partial charge in [-0.2, -0.15) is 0 Å². The molecule has 0 radical (unpaired) electrons. The van der Waals surface area contributed by atoms with Crippen molar-refractivity contribution in [3.8, 4) is 5.69 Å². The molecule has 4 rings (SSSR count). The van der Waals surface area contributed by atoms with Crippen LogP contribution in [0, 0.1) is 6.92 Å². The summed E-state index contributed by atoms with van der Waals surface area (Å²) in [4.78, 5) is 4.53. The van der Waals surface area contributed by atoms with Crippen LogP contribution in [0.4, 0.5) is 0 Å². The van der Waals surface area contributed by atoms with Crippen molar-refractivity contribution >= 4 is 21.8 Å². The zero-order valence-corrected chi connectivity index (χ0v) is 15.3. The summed E-state index contributed by atoms with van der Waals surface area (Å²) in [5.74, 6) is 0. The summed E-state index contributed by atoms with van der Waals surface area (Å²) in [5, 5.41) is 2.53. The van der Waals surface area contributed by atoms with Gasteiger partial charge in [0, 0.05) is 28.2 Å². The molecule has 0 bridgehead atoms. The van der Waals surface area contributed by atoms with Gasteiger partial charge in [0.15, 0.2) is 0 Å². The Morgan fingerprint density at radius 1 is 0.880 bits per heavy atom. The van der Waals surface area contributed by atoms with Gasteiger partial charge in [0.1, 0.15) is 6.54 Å². The summed E-state index contributed by atoms with van der Waals surface area (Å²) < 4.78 is 3.30. The monoisotopic (exact) mass is 330 g/mol. The lowest BCUT2D eigenvalue weighted by molar-refractivity contribution is -0.883. The van der Waals surface area contributed by atoms with Gasteiger partial charge in [0.05, 0.1) is 37.9 Å². The third kappa shape index (κ3) is 2.71. The lowest BCUT2D eigenvalue weighted by atomic mass is 10.1. The standard InChI is InChI=1S/C22H24N3/c1-16-19(15-25(2,3)4)17-9-6-8-12-21(17)24(16)22-13-14-23-20-11-7-5-10-18(20)22/h5-14H,15H2,1-4H3/q+1. The molecule has 2 aromatic heterocycles. The zero-order chi connectivity index (χ0) is 17.6. The highest BCUT2D eigenvalue weighted by Crippen LogP contribution is 2.32. The van der Waals surface area contributed by atoms with Gasteiger partial charge < -0.3 is 9.05 Å². The summed E-state index contributed by atoms with van der Waals surface area (Å²) in [6, 6.07) is 19.2. The lowest BCUT2D eigenvalue weighted by Crippen LogP contribution is -2.33. The molecule has 0 saturated carbocycles. The quantitative estimate of drug-likeness (QED) is 0.498. The Morgan fingerprint density at radius 3 is 2.32 bits per heavy atom. The van der Waals surface area contributed by atoms with Crippen LogP contribution in [0.2, 0.25) is 0 Å². The molecule has 0 aliphatic carbocycles. The van der Waals surface area contributed by atoms with Gasteiger partial charge in [0.25, 0.3) is 0 Å². The Morgan fingerprint density at radius 2 is 1.56 bits per heavy atom. The maximum Gasteiger partial charge on any atom is 0.106 e. The van der Waals surface area contributed by atoms with Crippen LogP contribution in [-0.4, -0.2) is 35.2 Å². The Hall–Kier alpha value is -2.65. The molecule has 0 saturated heterocycles. The Bertz CT molecular complexity index is 1060. The molecular weight excluding hydrogens is 306 g/mol. The van der Waals surface area contributed by atoms with Crippen molar-refractivity contribution in [3.05, 3.63) is 72.1 Å². The van der Waals surface area contributed by atoms with E-state index in [1.807, 2.05) is 12.3 Å². The minimum Gasteiger partial charge on any atom is -0.327 e. The molecule has 0 amide bonds. The normalized spacial score (nSPS) is 12.2. The first-order valence-corrected chi connectivity index (χ1v) is 8.69. The van der Waals surface area contributed by atoms with E-state index in [0.717, 1.165) is 16.5 Å². The first-order chi connectivity index (χ1) is 12.0. The maximum atomic E-state index is 4.53. The van der Waals surface area contributed by atoms with Crippen molar-refractivity contribution < 1.29 is 4.48 Å². The second kappa shape index (κ2) is 5.71. The van der Waals surface area contributed by atoms with E-state index in [4.69, 9.17) is 0 Å². The third-order valence-electron chi connectivity index (χ3n) is 4.74. The van der Waals surface area contributed by atoms with Crippen molar-refractivity contribution in [1.29, 1.82) is 0 Å². The molecule has 0 atom stereocenters. The Labute approximate surface area is 148 Å². The van der Waals surface area contributed by atoms with Crippen molar-refractivity contribution in [1.82, 2.24) is 9.55 Å². The number of benzene rings is 2. The van der Waals surface area contributed by atoms with Crippen molar-refractivity contribution in [2.75, 3.05) is 21.1 Å². The molecule has 0 spiro atoms. The number of quaternary nitrogens is 1. The average Bonchev–Trinajstić information content (AvgIpc) is 2.85. The molecule has 0 fully saturated rings. The second-order valence-corrected chi connectivity index (χ2v) is 7.71. The van der Waals surface area contributed by atoms with E-state index in [2.05, 4.69) is 86.1 Å². The molecule has 25 heavy (non-hydrogen) atoms.